The third kappa shape index (κ3) is 4.92. The first-order valence-corrected chi connectivity index (χ1v) is 7.80. The van der Waals surface area contributed by atoms with Gasteiger partial charge in [0.15, 0.2) is 0 Å². The zero-order chi connectivity index (χ0) is 17.7. The van der Waals surface area contributed by atoms with Crippen molar-refractivity contribution in [3.63, 3.8) is 0 Å². The lowest BCUT2D eigenvalue weighted by molar-refractivity contribution is 0.0905. The lowest BCUT2D eigenvalue weighted by Gasteiger charge is -2.27. The largest absolute Gasteiger partial charge is 0.348 e. The normalized spacial score (nSPS) is 12.0. The van der Waals surface area contributed by atoms with Crippen molar-refractivity contribution in [1.29, 1.82) is 0 Å². The van der Waals surface area contributed by atoms with Crippen LogP contribution in [0.3, 0.4) is 0 Å². The van der Waals surface area contributed by atoms with Crippen LogP contribution >= 0.6 is 0 Å². The van der Waals surface area contributed by atoms with E-state index in [0.29, 0.717) is 16.8 Å². The molecule has 0 fully saturated rings. The number of hydrogen-bond acceptors (Lipinski definition) is 2. The second kappa shape index (κ2) is 7.27. The van der Waals surface area contributed by atoms with Gasteiger partial charge in [-0.1, -0.05) is 38.7 Å². The summed E-state index contributed by atoms with van der Waals surface area (Å²) in [6, 6.07) is 9.49. The van der Waals surface area contributed by atoms with Crippen LogP contribution in [0, 0.1) is 23.1 Å². The summed E-state index contributed by atoms with van der Waals surface area (Å²) in [5, 5.41) is 2.94. The fraction of sp³-hybridized carbons (Fsp3) is 0.300. The maximum Gasteiger partial charge on any atom is 0.270 e. The summed E-state index contributed by atoms with van der Waals surface area (Å²) >= 11 is 0. The van der Waals surface area contributed by atoms with E-state index in [4.69, 9.17) is 0 Å². The summed E-state index contributed by atoms with van der Waals surface area (Å²) in [5.74, 6) is 5.25. The van der Waals surface area contributed by atoms with Crippen LogP contribution in [0.2, 0.25) is 0 Å². The van der Waals surface area contributed by atoms with Gasteiger partial charge in [0.25, 0.3) is 5.91 Å². The molecular formula is C20H21FN2O. The van der Waals surface area contributed by atoms with Crippen LogP contribution in [0.15, 0.2) is 42.6 Å². The molecule has 124 valence electrons. The smallest absolute Gasteiger partial charge is 0.270 e. The first-order chi connectivity index (χ1) is 11.3. The minimum absolute atomic E-state index is 0.0218. The molecule has 0 aliphatic heterocycles. The van der Waals surface area contributed by atoms with Crippen LogP contribution in [0.4, 0.5) is 4.39 Å². The summed E-state index contributed by atoms with van der Waals surface area (Å²) in [4.78, 5) is 16.3. The Balaban J connectivity index is 2.07. The number of rotatable bonds is 2. The number of carbonyl (C=O) groups excluding carboxylic acids is 1. The molecule has 0 aliphatic rings. The molecule has 1 atom stereocenters. The lowest BCUT2D eigenvalue weighted by Crippen LogP contribution is -2.41. The number of amides is 1. The van der Waals surface area contributed by atoms with E-state index in [1.807, 2.05) is 6.92 Å². The molecule has 0 unspecified atom stereocenters. The molecule has 1 heterocycles. The first-order valence-electron chi connectivity index (χ1n) is 7.80. The van der Waals surface area contributed by atoms with E-state index in [-0.39, 0.29) is 23.2 Å². The predicted octanol–water partition coefficient (Wildman–Crippen LogP) is 3.78. The third-order valence-corrected chi connectivity index (χ3v) is 3.82. The van der Waals surface area contributed by atoms with Crippen molar-refractivity contribution in [3.8, 4) is 11.8 Å². The number of halogens is 1. The number of benzene rings is 1. The van der Waals surface area contributed by atoms with Crippen molar-refractivity contribution in [2.24, 2.45) is 5.41 Å². The maximum absolute atomic E-state index is 13.1. The summed E-state index contributed by atoms with van der Waals surface area (Å²) in [6.07, 6.45) is 1.54. The van der Waals surface area contributed by atoms with Crippen LogP contribution in [-0.2, 0) is 0 Å². The van der Waals surface area contributed by atoms with Gasteiger partial charge in [-0.15, -0.1) is 0 Å². The van der Waals surface area contributed by atoms with Crippen LogP contribution in [0.5, 0.6) is 0 Å². The van der Waals surface area contributed by atoms with Gasteiger partial charge >= 0.3 is 0 Å². The van der Waals surface area contributed by atoms with E-state index in [0.717, 1.165) is 0 Å². The summed E-state index contributed by atoms with van der Waals surface area (Å²) < 4.78 is 13.1. The van der Waals surface area contributed by atoms with Gasteiger partial charge in [-0.25, -0.2) is 9.37 Å². The fourth-order valence-electron chi connectivity index (χ4n) is 1.80. The van der Waals surface area contributed by atoms with Crippen molar-refractivity contribution >= 4 is 5.91 Å². The van der Waals surface area contributed by atoms with Crippen LogP contribution < -0.4 is 5.32 Å². The maximum atomic E-state index is 13.1. The lowest BCUT2D eigenvalue weighted by atomic mass is 9.88. The number of carbonyl (C=O) groups is 1. The molecule has 2 aromatic rings. The van der Waals surface area contributed by atoms with Gasteiger partial charge in [-0.2, -0.15) is 0 Å². The number of nitrogens with zero attached hydrogens (tertiary/aromatic N) is 1. The van der Waals surface area contributed by atoms with Crippen LogP contribution in [0.1, 0.15) is 49.3 Å². The fourth-order valence-corrected chi connectivity index (χ4v) is 1.80. The quantitative estimate of drug-likeness (QED) is 0.854. The molecule has 0 saturated carbocycles. The summed E-state index contributed by atoms with van der Waals surface area (Å²) in [5.41, 5.74) is 1.59. The molecule has 1 aromatic carbocycles. The van der Waals surface area contributed by atoms with Gasteiger partial charge in [-0.05, 0) is 42.7 Å². The minimum Gasteiger partial charge on any atom is -0.348 e. The Morgan fingerprint density at radius 2 is 1.88 bits per heavy atom. The van der Waals surface area contributed by atoms with Crippen LogP contribution in [0.25, 0.3) is 0 Å². The Morgan fingerprint density at radius 1 is 1.17 bits per heavy atom. The van der Waals surface area contributed by atoms with Crippen LogP contribution in [-0.4, -0.2) is 16.9 Å². The molecule has 1 N–H and O–H groups in total. The zero-order valence-electron chi connectivity index (χ0n) is 14.4. The first kappa shape index (κ1) is 17.7. The van der Waals surface area contributed by atoms with Crippen molar-refractivity contribution in [2.75, 3.05) is 0 Å². The second-order valence-electron chi connectivity index (χ2n) is 6.75. The molecule has 0 saturated heterocycles. The molecule has 0 bridgehead atoms. The molecule has 2 rings (SSSR count). The SMILES string of the molecule is C[C@@H](NC(=O)c1ccc(C#Cc2cccc(F)c2)cn1)C(C)(C)C. The van der Waals surface area contributed by atoms with E-state index in [1.54, 1.807) is 30.5 Å². The van der Waals surface area contributed by atoms with Crippen molar-refractivity contribution < 1.29 is 9.18 Å². The molecule has 0 radical (unpaired) electrons. The Bertz CT molecular complexity index is 780. The Labute approximate surface area is 142 Å². The highest BCUT2D eigenvalue weighted by Crippen LogP contribution is 2.18. The molecule has 0 aliphatic carbocycles. The number of hydrogen-bond donors (Lipinski definition) is 1. The highest BCUT2D eigenvalue weighted by atomic mass is 19.1. The van der Waals surface area contributed by atoms with Gasteiger partial charge in [0, 0.05) is 23.4 Å². The Morgan fingerprint density at radius 3 is 2.46 bits per heavy atom. The van der Waals surface area contributed by atoms with Gasteiger partial charge in [0.05, 0.1) is 0 Å². The number of nitrogens with one attached hydrogen (secondary N) is 1. The Hall–Kier alpha value is -2.67. The van der Waals surface area contributed by atoms with E-state index in [2.05, 4.69) is 42.9 Å². The molecule has 3 nitrogen and oxygen atoms in total. The minimum atomic E-state index is -0.320. The van der Waals surface area contributed by atoms with Crippen molar-refractivity contribution in [3.05, 3.63) is 65.2 Å². The van der Waals surface area contributed by atoms with Gasteiger partial charge in [0.1, 0.15) is 11.5 Å². The average Bonchev–Trinajstić information content (AvgIpc) is 2.52. The third-order valence-electron chi connectivity index (χ3n) is 3.82. The molecular weight excluding hydrogens is 303 g/mol. The average molecular weight is 324 g/mol. The number of pyridine rings is 1. The van der Waals surface area contributed by atoms with Gasteiger partial charge < -0.3 is 5.32 Å². The van der Waals surface area contributed by atoms with E-state index >= 15 is 0 Å². The Kier molecular flexibility index (Phi) is 5.35. The van der Waals surface area contributed by atoms with Crippen molar-refractivity contribution in [1.82, 2.24) is 10.3 Å². The molecule has 0 spiro atoms. The standard InChI is InChI=1S/C20H21FN2O/c1-14(20(2,3)4)23-19(24)18-11-10-16(13-22-18)9-8-15-6-5-7-17(21)12-15/h5-7,10-14H,1-4H3,(H,23,24)/t14-/m1/s1. The molecule has 4 heteroatoms. The molecule has 1 aromatic heterocycles. The van der Waals surface area contributed by atoms with Gasteiger partial charge in [-0.3, -0.25) is 4.79 Å². The van der Waals surface area contributed by atoms with E-state index < -0.39 is 0 Å². The highest BCUT2D eigenvalue weighted by Gasteiger charge is 2.22. The summed E-state index contributed by atoms with van der Waals surface area (Å²) in [6.45, 7) is 8.17. The van der Waals surface area contributed by atoms with E-state index in [9.17, 15) is 9.18 Å². The topological polar surface area (TPSA) is 42.0 Å². The highest BCUT2D eigenvalue weighted by molar-refractivity contribution is 5.92. The predicted molar refractivity (Wildman–Crippen MR) is 93.0 cm³/mol. The monoisotopic (exact) mass is 324 g/mol. The molecule has 24 heavy (non-hydrogen) atoms. The van der Waals surface area contributed by atoms with E-state index in [1.165, 1.54) is 12.1 Å². The van der Waals surface area contributed by atoms with Crippen molar-refractivity contribution in [2.45, 2.75) is 33.7 Å². The molecule has 1 amide bonds. The van der Waals surface area contributed by atoms with Gasteiger partial charge in [0.2, 0.25) is 0 Å². The zero-order valence-corrected chi connectivity index (χ0v) is 14.4. The number of aromatic nitrogens is 1. The second-order valence-corrected chi connectivity index (χ2v) is 6.75. The summed E-state index contributed by atoms with van der Waals surface area (Å²) in [7, 11) is 0.